The molecule has 0 aliphatic carbocycles. The predicted molar refractivity (Wildman–Crippen MR) is 116 cm³/mol. The van der Waals surface area contributed by atoms with Crippen molar-refractivity contribution in [2.24, 2.45) is 5.92 Å². The molecule has 1 saturated heterocycles. The van der Waals surface area contributed by atoms with Crippen molar-refractivity contribution >= 4 is 39.1 Å². The molecule has 7 heteroatoms. The molecule has 1 atom stereocenters. The van der Waals surface area contributed by atoms with Gasteiger partial charge in [-0.15, -0.1) is 11.3 Å². The first-order valence-corrected chi connectivity index (χ1v) is 10.5. The molecule has 6 nitrogen and oxygen atoms in total. The van der Waals surface area contributed by atoms with Gasteiger partial charge in [0, 0.05) is 24.2 Å². The number of benzene rings is 2. The van der Waals surface area contributed by atoms with Crippen LogP contribution in [0.3, 0.4) is 0 Å². The quantitative estimate of drug-likeness (QED) is 0.517. The Balaban J connectivity index is 1.28. The summed E-state index contributed by atoms with van der Waals surface area (Å²) in [5, 5.41) is 3.87. The SMILES string of the molecule is O=C(Nc1cccc(-c2nc3ccccc3s2)c1)C1CC(=O)N(Cc2ccco2)C1. The Morgan fingerprint density at radius 3 is 2.90 bits per heavy atom. The first-order valence-electron chi connectivity index (χ1n) is 9.73. The predicted octanol–water partition coefficient (Wildman–Crippen LogP) is 4.54. The molecule has 2 aromatic heterocycles. The van der Waals surface area contributed by atoms with Gasteiger partial charge >= 0.3 is 0 Å². The number of nitrogens with zero attached hydrogens (tertiary/aromatic N) is 2. The highest BCUT2D eigenvalue weighted by Gasteiger charge is 2.34. The van der Waals surface area contributed by atoms with Crippen LogP contribution in [0.25, 0.3) is 20.8 Å². The van der Waals surface area contributed by atoms with Crippen LogP contribution >= 0.6 is 11.3 Å². The van der Waals surface area contributed by atoms with Crippen molar-refractivity contribution in [1.82, 2.24) is 9.88 Å². The van der Waals surface area contributed by atoms with Crippen molar-refractivity contribution in [3.8, 4) is 10.6 Å². The molecule has 1 N–H and O–H groups in total. The van der Waals surface area contributed by atoms with Gasteiger partial charge in [-0.25, -0.2) is 4.98 Å². The van der Waals surface area contributed by atoms with Crippen LogP contribution in [-0.2, 0) is 16.1 Å². The lowest BCUT2D eigenvalue weighted by Gasteiger charge is -2.15. The fraction of sp³-hybridized carbons (Fsp3) is 0.174. The first kappa shape index (κ1) is 18.6. The standard InChI is InChI=1S/C23H19N3O3S/c27-21-12-16(13-26(21)14-18-7-4-10-29-18)22(28)24-17-6-3-5-15(11-17)23-25-19-8-1-2-9-20(19)30-23/h1-11,16H,12-14H2,(H,24,28). The second-order valence-corrected chi connectivity index (χ2v) is 8.34. The topological polar surface area (TPSA) is 75.4 Å². The number of likely N-dealkylation sites (tertiary alicyclic amines) is 1. The van der Waals surface area contributed by atoms with Gasteiger partial charge in [-0.1, -0.05) is 24.3 Å². The number of nitrogens with one attached hydrogen (secondary N) is 1. The Morgan fingerprint density at radius 1 is 1.17 bits per heavy atom. The van der Waals surface area contributed by atoms with E-state index in [-0.39, 0.29) is 24.2 Å². The van der Waals surface area contributed by atoms with Gasteiger partial charge in [-0.3, -0.25) is 9.59 Å². The maximum Gasteiger partial charge on any atom is 0.229 e. The minimum atomic E-state index is -0.376. The van der Waals surface area contributed by atoms with E-state index in [1.54, 1.807) is 28.6 Å². The van der Waals surface area contributed by atoms with E-state index in [1.165, 1.54) is 0 Å². The van der Waals surface area contributed by atoms with Gasteiger partial charge in [0.15, 0.2) is 0 Å². The van der Waals surface area contributed by atoms with E-state index in [0.29, 0.717) is 24.5 Å². The molecule has 4 aromatic rings. The number of amides is 2. The van der Waals surface area contributed by atoms with E-state index in [1.807, 2.05) is 54.6 Å². The molecular formula is C23H19N3O3S. The molecule has 2 amide bonds. The lowest BCUT2D eigenvalue weighted by atomic mass is 10.1. The second kappa shape index (κ2) is 7.76. The zero-order valence-electron chi connectivity index (χ0n) is 16.1. The Hall–Kier alpha value is -3.45. The summed E-state index contributed by atoms with van der Waals surface area (Å²) in [5.41, 5.74) is 2.62. The third kappa shape index (κ3) is 3.71. The van der Waals surface area contributed by atoms with E-state index in [2.05, 4.69) is 10.3 Å². The summed E-state index contributed by atoms with van der Waals surface area (Å²) in [5.74, 6) is 0.160. The van der Waals surface area contributed by atoms with E-state index in [0.717, 1.165) is 20.8 Å². The van der Waals surface area contributed by atoms with Gasteiger partial charge in [0.1, 0.15) is 10.8 Å². The van der Waals surface area contributed by atoms with E-state index >= 15 is 0 Å². The normalized spacial score (nSPS) is 16.3. The number of thiazole rings is 1. The average molecular weight is 417 g/mol. The van der Waals surface area contributed by atoms with Crippen LogP contribution in [-0.4, -0.2) is 28.2 Å². The van der Waals surface area contributed by atoms with Crippen molar-refractivity contribution in [2.45, 2.75) is 13.0 Å². The summed E-state index contributed by atoms with van der Waals surface area (Å²) >= 11 is 1.62. The minimum Gasteiger partial charge on any atom is -0.467 e. The van der Waals surface area contributed by atoms with Crippen molar-refractivity contribution in [3.05, 3.63) is 72.7 Å². The third-order valence-electron chi connectivity index (χ3n) is 5.18. The van der Waals surface area contributed by atoms with E-state index in [4.69, 9.17) is 4.42 Å². The lowest BCUT2D eigenvalue weighted by Crippen LogP contribution is -2.27. The van der Waals surface area contributed by atoms with Gasteiger partial charge < -0.3 is 14.6 Å². The molecule has 3 heterocycles. The zero-order chi connectivity index (χ0) is 20.5. The molecule has 30 heavy (non-hydrogen) atoms. The minimum absolute atomic E-state index is 0.0326. The monoisotopic (exact) mass is 417 g/mol. The molecule has 1 unspecified atom stereocenters. The Morgan fingerprint density at radius 2 is 2.07 bits per heavy atom. The molecule has 1 aliphatic rings. The number of fused-ring (bicyclic) bond motifs is 1. The Kier molecular flexibility index (Phi) is 4.80. The maximum atomic E-state index is 12.8. The van der Waals surface area contributed by atoms with Crippen LogP contribution in [0.2, 0.25) is 0 Å². The van der Waals surface area contributed by atoms with Crippen LogP contribution < -0.4 is 5.32 Å². The molecule has 0 saturated carbocycles. The second-order valence-electron chi connectivity index (χ2n) is 7.31. The molecule has 1 aliphatic heterocycles. The third-order valence-corrected chi connectivity index (χ3v) is 6.27. The van der Waals surface area contributed by atoms with Crippen LogP contribution in [0.15, 0.2) is 71.3 Å². The molecule has 1 fully saturated rings. The van der Waals surface area contributed by atoms with Crippen molar-refractivity contribution in [1.29, 1.82) is 0 Å². The molecular weight excluding hydrogens is 398 g/mol. The fourth-order valence-electron chi connectivity index (χ4n) is 3.66. The van der Waals surface area contributed by atoms with Gasteiger partial charge in [-0.05, 0) is 36.4 Å². The largest absolute Gasteiger partial charge is 0.467 e. The van der Waals surface area contributed by atoms with Crippen molar-refractivity contribution < 1.29 is 14.0 Å². The number of anilines is 1. The highest BCUT2D eigenvalue weighted by molar-refractivity contribution is 7.21. The highest BCUT2D eigenvalue weighted by Crippen LogP contribution is 2.31. The average Bonchev–Trinajstić information content (AvgIpc) is 3.49. The summed E-state index contributed by atoms with van der Waals surface area (Å²) in [6.45, 7) is 0.783. The number of hydrogen-bond acceptors (Lipinski definition) is 5. The molecule has 2 aromatic carbocycles. The van der Waals surface area contributed by atoms with E-state index in [9.17, 15) is 9.59 Å². The number of para-hydroxylation sites is 1. The summed E-state index contributed by atoms with van der Waals surface area (Å²) in [4.78, 5) is 31.4. The summed E-state index contributed by atoms with van der Waals surface area (Å²) in [6, 6.07) is 19.3. The number of carbonyl (C=O) groups is 2. The zero-order valence-corrected chi connectivity index (χ0v) is 16.9. The number of hydrogen-bond donors (Lipinski definition) is 1. The van der Waals surface area contributed by atoms with Crippen LogP contribution in [0.1, 0.15) is 12.2 Å². The van der Waals surface area contributed by atoms with Crippen LogP contribution in [0.5, 0.6) is 0 Å². The lowest BCUT2D eigenvalue weighted by molar-refractivity contribution is -0.128. The number of aromatic nitrogens is 1. The van der Waals surface area contributed by atoms with E-state index < -0.39 is 0 Å². The van der Waals surface area contributed by atoms with Crippen LogP contribution in [0, 0.1) is 5.92 Å². The summed E-state index contributed by atoms with van der Waals surface area (Å²) < 4.78 is 6.44. The van der Waals surface area contributed by atoms with Crippen LogP contribution in [0.4, 0.5) is 5.69 Å². The smallest absolute Gasteiger partial charge is 0.229 e. The number of furan rings is 1. The Bertz CT molecular complexity index is 1180. The maximum absolute atomic E-state index is 12.8. The van der Waals surface area contributed by atoms with Gasteiger partial charge in [0.2, 0.25) is 11.8 Å². The highest BCUT2D eigenvalue weighted by atomic mass is 32.1. The van der Waals surface area contributed by atoms with Crippen molar-refractivity contribution in [3.63, 3.8) is 0 Å². The summed E-state index contributed by atoms with van der Waals surface area (Å²) in [7, 11) is 0. The molecule has 0 radical (unpaired) electrons. The number of rotatable bonds is 5. The molecule has 0 bridgehead atoms. The van der Waals surface area contributed by atoms with Crippen molar-refractivity contribution in [2.75, 3.05) is 11.9 Å². The number of carbonyl (C=O) groups excluding carboxylic acids is 2. The Labute approximate surface area is 177 Å². The van der Waals surface area contributed by atoms with Gasteiger partial charge in [0.05, 0.1) is 28.9 Å². The van der Waals surface area contributed by atoms with Gasteiger partial charge in [0.25, 0.3) is 0 Å². The molecule has 5 rings (SSSR count). The molecule has 0 spiro atoms. The summed E-state index contributed by atoms with van der Waals surface area (Å²) in [6.07, 6.45) is 1.79. The fourth-order valence-corrected chi connectivity index (χ4v) is 4.62. The first-order chi connectivity index (χ1) is 14.7. The molecule has 150 valence electrons. The van der Waals surface area contributed by atoms with Gasteiger partial charge in [-0.2, -0.15) is 0 Å².